The van der Waals surface area contributed by atoms with E-state index in [1.54, 1.807) is 0 Å². The minimum atomic E-state index is 0.0268. The summed E-state index contributed by atoms with van der Waals surface area (Å²) in [6.45, 7) is 6.59. The lowest BCUT2D eigenvalue weighted by molar-refractivity contribution is 0.479. The van der Waals surface area contributed by atoms with Gasteiger partial charge in [-0.1, -0.05) is 103 Å². The lowest BCUT2D eigenvalue weighted by Crippen LogP contribution is -2.11. The van der Waals surface area contributed by atoms with Crippen LogP contribution in [0.15, 0.2) is 100 Å². The number of benzene rings is 5. The summed E-state index contributed by atoms with van der Waals surface area (Å²) in [7, 11) is 0. The molecule has 0 fully saturated rings. The molecule has 5 aromatic rings. The highest BCUT2D eigenvalue weighted by Gasteiger charge is 2.17. The first-order valence-electron chi connectivity index (χ1n) is 11.4. The van der Waals surface area contributed by atoms with Gasteiger partial charge < -0.3 is 5.11 Å². The Morgan fingerprint density at radius 3 is 2.21 bits per heavy atom. The van der Waals surface area contributed by atoms with Crippen molar-refractivity contribution in [3.63, 3.8) is 0 Å². The number of phenols is 1. The lowest BCUT2D eigenvalue weighted by Gasteiger charge is -2.19. The topological polar surface area (TPSA) is 32.6 Å². The molecule has 0 aliphatic carbocycles. The van der Waals surface area contributed by atoms with Gasteiger partial charge in [-0.25, -0.2) is 0 Å². The molecule has 0 saturated heterocycles. The van der Waals surface area contributed by atoms with Crippen molar-refractivity contribution in [1.82, 2.24) is 0 Å². The van der Waals surface area contributed by atoms with E-state index in [-0.39, 0.29) is 11.2 Å². The molecule has 0 aromatic heterocycles. The number of aliphatic imine (C=N–C) groups is 1. The van der Waals surface area contributed by atoms with Crippen molar-refractivity contribution in [2.24, 2.45) is 4.99 Å². The van der Waals surface area contributed by atoms with Crippen LogP contribution in [-0.2, 0) is 5.41 Å². The van der Waals surface area contributed by atoms with Crippen LogP contribution in [0.2, 0.25) is 0 Å². The van der Waals surface area contributed by atoms with Crippen molar-refractivity contribution in [3.8, 4) is 16.9 Å². The van der Waals surface area contributed by atoms with Crippen molar-refractivity contribution < 1.29 is 5.11 Å². The van der Waals surface area contributed by atoms with Crippen LogP contribution in [0.4, 0.5) is 5.69 Å². The van der Waals surface area contributed by atoms with Crippen molar-refractivity contribution in [2.45, 2.75) is 26.2 Å². The Morgan fingerprint density at radius 2 is 1.44 bits per heavy atom. The number of hydrogen-bond donors (Lipinski definition) is 1. The van der Waals surface area contributed by atoms with Crippen molar-refractivity contribution in [3.05, 3.63) is 107 Å². The van der Waals surface area contributed by atoms with E-state index in [1.165, 1.54) is 5.56 Å². The Kier molecular flexibility index (Phi) is 5.75. The largest absolute Gasteiger partial charge is 0.505 e. The number of phenolic OH excluding ortho intramolecular Hbond substituents is 1. The summed E-state index contributed by atoms with van der Waals surface area (Å²) in [6.07, 6.45) is 1.83. The van der Waals surface area contributed by atoms with Crippen molar-refractivity contribution >= 4 is 49.4 Å². The summed E-state index contributed by atoms with van der Waals surface area (Å²) in [5.74, 6) is 0.192. The Bertz CT molecular complexity index is 1550. The summed E-state index contributed by atoms with van der Waals surface area (Å²) >= 11 is 3.63. The summed E-state index contributed by atoms with van der Waals surface area (Å²) < 4.78 is 1.01. The maximum Gasteiger partial charge on any atom is 0.149 e. The highest BCUT2D eigenvalue weighted by Crippen LogP contribution is 2.45. The van der Waals surface area contributed by atoms with E-state index in [0.29, 0.717) is 5.69 Å². The number of halogens is 1. The van der Waals surface area contributed by atoms with Crippen LogP contribution >= 0.6 is 15.9 Å². The number of nitrogens with zero attached hydrogens (tertiary/aromatic N) is 1. The molecule has 0 bridgehead atoms. The number of aromatic hydroxyl groups is 1. The molecule has 0 aliphatic heterocycles. The molecule has 0 aliphatic rings. The monoisotopic (exact) mass is 507 g/mol. The molecule has 0 unspecified atom stereocenters. The lowest BCUT2D eigenvalue weighted by atomic mass is 9.86. The number of rotatable bonds is 3. The zero-order valence-corrected chi connectivity index (χ0v) is 21.1. The summed E-state index contributed by atoms with van der Waals surface area (Å²) in [5.41, 5.74) is 4.60. The number of fused-ring (bicyclic) bond motifs is 2. The molecule has 5 aromatic carbocycles. The molecule has 0 heterocycles. The second-order valence-electron chi connectivity index (χ2n) is 9.65. The third-order valence-electron chi connectivity index (χ3n) is 6.20. The molecule has 1 N–H and O–H groups in total. The minimum Gasteiger partial charge on any atom is -0.505 e. The molecular formula is C31H26BrNO. The van der Waals surface area contributed by atoms with Gasteiger partial charge in [-0.2, -0.15) is 0 Å². The van der Waals surface area contributed by atoms with Gasteiger partial charge >= 0.3 is 0 Å². The van der Waals surface area contributed by atoms with Gasteiger partial charge in [0.25, 0.3) is 0 Å². The zero-order chi connectivity index (χ0) is 23.9. The molecule has 0 radical (unpaired) electrons. The van der Waals surface area contributed by atoms with E-state index in [2.05, 4.69) is 85.2 Å². The molecule has 0 saturated carbocycles. The van der Waals surface area contributed by atoms with Crippen LogP contribution in [0.5, 0.6) is 5.75 Å². The molecule has 34 heavy (non-hydrogen) atoms. The average Bonchev–Trinajstić information content (AvgIpc) is 2.82. The van der Waals surface area contributed by atoms with Gasteiger partial charge in [-0.15, -0.1) is 0 Å². The van der Waals surface area contributed by atoms with Gasteiger partial charge in [0.2, 0.25) is 0 Å². The van der Waals surface area contributed by atoms with E-state index in [1.807, 2.05) is 48.7 Å². The molecule has 0 amide bonds. The fourth-order valence-electron chi connectivity index (χ4n) is 4.40. The summed E-state index contributed by atoms with van der Waals surface area (Å²) in [4.78, 5) is 4.76. The van der Waals surface area contributed by atoms with E-state index in [9.17, 15) is 5.11 Å². The molecule has 0 spiro atoms. The second-order valence-corrected chi connectivity index (χ2v) is 10.6. The summed E-state index contributed by atoms with van der Waals surface area (Å²) in [6, 6.07) is 30.9. The van der Waals surface area contributed by atoms with Gasteiger partial charge in [-0.3, -0.25) is 4.99 Å². The standard InChI is InChI=1S/C31H26BrNO/c1-31(2,3)23-15-20(16-24(32)18-23)19-33-28-17-22-10-5-7-13-26(22)29(30(28)34)27-14-8-11-21-9-4-6-12-25(21)27/h4-19,34H,1-3H3. The quantitative estimate of drug-likeness (QED) is 0.242. The molecule has 2 nitrogen and oxygen atoms in total. The Balaban J connectivity index is 1.70. The van der Waals surface area contributed by atoms with E-state index in [4.69, 9.17) is 4.99 Å². The van der Waals surface area contributed by atoms with Crippen LogP contribution in [-0.4, -0.2) is 11.3 Å². The van der Waals surface area contributed by atoms with Crippen LogP contribution in [0, 0.1) is 0 Å². The predicted octanol–water partition coefficient (Wildman–Crippen LogP) is 9.18. The smallest absolute Gasteiger partial charge is 0.149 e. The first-order chi connectivity index (χ1) is 16.3. The van der Waals surface area contributed by atoms with E-state index >= 15 is 0 Å². The molecule has 168 valence electrons. The Hall–Kier alpha value is -3.43. The van der Waals surface area contributed by atoms with E-state index < -0.39 is 0 Å². The maximum atomic E-state index is 11.5. The molecule has 5 rings (SSSR count). The Labute approximate surface area is 208 Å². The SMILES string of the molecule is CC(C)(C)c1cc(Br)cc(C=Nc2cc3ccccc3c(-c3cccc4ccccc34)c2O)c1. The van der Waals surface area contributed by atoms with Gasteiger partial charge in [-0.05, 0) is 67.9 Å². The third-order valence-corrected chi connectivity index (χ3v) is 6.66. The number of hydrogen-bond acceptors (Lipinski definition) is 2. The summed E-state index contributed by atoms with van der Waals surface area (Å²) in [5, 5.41) is 15.8. The highest BCUT2D eigenvalue weighted by molar-refractivity contribution is 9.10. The van der Waals surface area contributed by atoms with Crippen molar-refractivity contribution in [2.75, 3.05) is 0 Å². The van der Waals surface area contributed by atoms with Gasteiger partial charge in [0.15, 0.2) is 0 Å². The fraction of sp³-hybridized carbons (Fsp3) is 0.129. The molecule has 0 atom stereocenters. The minimum absolute atomic E-state index is 0.0268. The van der Waals surface area contributed by atoms with Crippen LogP contribution in [0.3, 0.4) is 0 Å². The van der Waals surface area contributed by atoms with Crippen molar-refractivity contribution in [1.29, 1.82) is 0 Å². The average molecular weight is 508 g/mol. The van der Waals surface area contributed by atoms with Crippen LogP contribution in [0.1, 0.15) is 31.9 Å². The first-order valence-corrected chi connectivity index (χ1v) is 12.2. The second kappa shape index (κ2) is 8.73. The Morgan fingerprint density at radius 1 is 0.765 bits per heavy atom. The van der Waals surface area contributed by atoms with Gasteiger partial charge in [0.1, 0.15) is 11.4 Å². The van der Waals surface area contributed by atoms with Gasteiger partial charge in [0, 0.05) is 16.3 Å². The third kappa shape index (κ3) is 4.24. The molecule has 3 heteroatoms. The van der Waals surface area contributed by atoms with Crippen LogP contribution in [0.25, 0.3) is 32.7 Å². The highest BCUT2D eigenvalue weighted by atomic mass is 79.9. The van der Waals surface area contributed by atoms with E-state index in [0.717, 1.165) is 42.7 Å². The predicted molar refractivity (Wildman–Crippen MR) is 149 cm³/mol. The molecular weight excluding hydrogens is 482 g/mol. The fourth-order valence-corrected chi connectivity index (χ4v) is 4.91. The zero-order valence-electron chi connectivity index (χ0n) is 19.5. The normalized spacial score (nSPS) is 12.1. The van der Waals surface area contributed by atoms with Gasteiger partial charge in [0.05, 0.1) is 0 Å². The van der Waals surface area contributed by atoms with Crippen LogP contribution < -0.4 is 0 Å². The maximum absolute atomic E-state index is 11.5. The first kappa shape index (κ1) is 22.4.